The Bertz CT molecular complexity index is 651. The Labute approximate surface area is 143 Å². The standard InChI is InChI=1S/C20H25NO3/c1-22-19-11-16(13-21-14-17-9-6-10-24-17)18(12-20(19)23-2)15-7-4-3-5-8-15/h3-5,7-8,11-12,17,21H,6,9-10,13-14H2,1-2H3. The molecule has 0 bridgehead atoms. The van der Waals surface area contributed by atoms with Crippen molar-refractivity contribution in [3.63, 3.8) is 0 Å². The van der Waals surface area contributed by atoms with Crippen LogP contribution in [-0.4, -0.2) is 33.5 Å². The molecule has 1 N–H and O–H groups in total. The summed E-state index contributed by atoms with van der Waals surface area (Å²) in [6, 6.07) is 14.5. The maximum atomic E-state index is 5.68. The largest absolute Gasteiger partial charge is 0.493 e. The van der Waals surface area contributed by atoms with Crippen LogP contribution in [0, 0.1) is 0 Å². The molecule has 0 radical (unpaired) electrons. The number of ether oxygens (including phenoxy) is 3. The lowest BCUT2D eigenvalue weighted by molar-refractivity contribution is 0.110. The SMILES string of the molecule is COc1cc(CNCC2CCCO2)c(-c2ccccc2)cc1OC. The molecule has 1 unspecified atom stereocenters. The summed E-state index contributed by atoms with van der Waals surface area (Å²) in [6.45, 7) is 2.53. The van der Waals surface area contributed by atoms with E-state index in [1.54, 1.807) is 14.2 Å². The van der Waals surface area contributed by atoms with E-state index in [4.69, 9.17) is 14.2 Å². The Hall–Kier alpha value is -2.04. The number of hydrogen-bond donors (Lipinski definition) is 1. The van der Waals surface area contributed by atoms with Gasteiger partial charge in [-0.15, -0.1) is 0 Å². The molecule has 0 amide bonds. The second-order valence-corrected chi connectivity index (χ2v) is 6.00. The minimum atomic E-state index is 0.338. The molecule has 1 fully saturated rings. The van der Waals surface area contributed by atoms with E-state index in [9.17, 15) is 0 Å². The van der Waals surface area contributed by atoms with E-state index >= 15 is 0 Å². The van der Waals surface area contributed by atoms with Crippen molar-refractivity contribution in [2.75, 3.05) is 27.4 Å². The molecule has 2 aromatic rings. The van der Waals surface area contributed by atoms with Crippen molar-refractivity contribution in [1.82, 2.24) is 5.32 Å². The van der Waals surface area contributed by atoms with Crippen LogP contribution >= 0.6 is 0 Å². The summed E-state index contributed by atoms with van der Waals surface area (Å²) in [5.74, 6) is 1.50. The van der Waals surface area contributed by atoms with Gasteiger partial charge in [-0.3, -0.25) is 0 Å². The molecular weight excluding hydrogens is 302 g/mol. The van der Waals surface area contributed by atoms with Gasteiger partial charge in [0.1, 0.15) is 0 Å². The zero-order valence-corrected chi connectivity index (χ0v) is 14.4. The molecule has 4 nitrogen and oxygen atoms in total. The average Bonchev–Trinajstić information content (AvgIpc) is 3.15. The van der Waals surface area contributed by atoms with Crippen LogP contribution in [0.25, 0.3) is 11.1 Å². The van der Waals surface area contributed by atoms with Gasteiger partial charge >= 0.3 is 0 Å². The minimum Gasteiger partial charge on any atom is -0.493 e. The summed E-state index contributed by atoms with van der Waals surface area (Å²) in [5, 5.41) is 3.52. The fourth-order valence-corrected chi connectivity index (χ4v) is 3.13. The van der Waals surface area contributed by atoms with Crippen LogP contribution in [0.4, 0.5) is 0 Å². The predicted octanol–water partition coefficient (Wildman–Crippen LogP) is 3.64. The molecule has 128 valence electrons. The van der Waals surface area contributed by atoms with E-state index in [0.29, 0.717) is 6.10 Å². The van der Waals surface area contributed by atoms with Crippen molar-refractivity contribution >= 4 is 0 Å². The summed E-state index contributed by atoms with van der Waals surface area (Å²) in [4.78, 5) is 0. The van der Waals surface area contributed by atoms with Crippen LogP contribution in [0.3, 0.4) is 0 Å². The van der Waals surface area contributed by atoms with Crippen molar-refractivity contribution in [3.05, 3.63) is 48.0 Å². The van der Waals surface area contributed by atoms with E-state index in [1.807, 2.05) is 6.07 Å². The Morgan fingerprint density at radius 1 is 1.08 bits per heavy atom. The predicted molar refractivity (Wildman–Crippen MR) is 95.7 cm³/mol. The van der Waals surface area contributed by atoms with E-state index in [-0.39, 0.29) is 0 Å². The minimum absolute atomic E-state index is 0.338. The fourth-order valence-electron chi connectivity index (χ4n) is 3.13. The second-order valence-electron chi connectivity index (χ2n) is 6.00. The lowest BCUT2D eigenvalue weighted by atomic mass is 9.98. The van der Waals surface area contributed by atoms with Crippen LogP contribution in [-0.2, 0) is 11.3 Å². The summed E-state index contributed by atoms with van der Waals surface area (Å²) >= 11 is 0. The molecule has 1 atom stereocenters. The molecule has 0 aromatic heterocycles. The molecule has 1 aliphatic rings. The Morgan fingerprint density at radius 2 is 1.83 bits per heavy atom. The molecule has 2 aromatic carbocycles. The quantitative estimate of drug-likeness (QED) is 0.843. The maximum Gasteiger partial charge on any atom is 0.161 e. The first-order chi connectivity index (χ1) is 11.8. The molecule has 24 heavy (non-hydrogen) atoms. The number of methoxy groups -OCH3 is 2. The van der Waals surface area contributed by atoms with Gasteiger partial charge in [0.05, 0.1) is 20.3 Å². The van der Waals surface area contributed by atoms with Crippen LogP contribution in [0.15, 0.2) is 42.5 Å². The van der Waals surface area contributed by atoms with Crippen molar-refractivity contribution in [2.24, 2.45) is 0 Å². The lowest BCUT2D eigenvalue weighted by Crippen LogP contribution is -2.26. The van der Waals surface area contributed by atoms with Gasteiger partial charge in [0, 0.05) is 19.7 Å². The van der Waals surface area contributed by atoms with Crippen LogP contribution in [0.2, 0.25) is 0 Å². The van der Waals surface area contributed by atoms with Gasteiger partial charge < -0.3 is 19.5 Å². The number of rotatable bonds is 7. The molecule has 1 heterocycles. The van der Waals surface area contributed by atoms with Gasteiger partial charge in [0.2, 0.25) is 0 Å². The van der Waals surface area contributed by atoms with Crippen LogP contribution in [0.5, 0.6) is 11.5 Å². The summed E-state index contributed by atoms with van der Waals surface area (Å²) in [6.07, 6.45) is 2.65. The molecule has 0 spiro atoms. The Balaban J connectivity index is 1.84. The van der Waals surface area contributed by atoms with E-state index in [0.717, 1.165) is 49.6 Å². The summed E-state index contributed by atoms with van der Waals surface area (Å²) < 4.78 is 16.6. The lowest BCUT2D eigenvalue weighted by Gasteiger charge is -2.17. The maximum absolute atomic E-state index is 5.68. The van der Waals surface area contributed by atoms with Crippen LogP contribution in [0.1, 0.15) is 18.4 Å². The smallest absolute Gasteiger partial charge is 0.161 e. The third-order valence-corrected chi connectivity index (χ3v) is 4.41. The molecule has 3 rings (SSSR count). The number of hydrogen-bond acceptors (Lipinski definition) is 4. The Kier molecular flexibility index (Phi) is 5.72. The van der Waals surface area contributed by atoms with Gasteiger partial charge in [-0.2, -0.15) is 0 Å². The van der Waals surface area contributed by atoms with Gasteiger partial charge in [-0.1, -0.05) is 30.3 Å². The molecule has 0 saturated carbocycles. The first-order valence-electron chi connectivity index (χ1n) is 8.44. The zero-order chi connectivity index (χ0) is 16.8. The number of nitrogens with one attached hydrogen (secondary N) is 1. The molecule has 0 aliphatic carbocycles. The van der Waals surface area contributed by atoms with E-state index in [2.05, 4.69) is 41.7 Å². The van der Waals surface area contributed by atoms with Crippen molar-refractivity contribution < 1.29 is 14.2 Å². The number of benzene rings is 2. The van der Waals surface area contributed by atoms with Crippen molar-refractivity contribution in [3.8, 4) is 22.6 Å². The highest BCUT2D eigenvalue weighted by Gasteiger charge is 2.16. The normalized spacial score (nSPS) is 17.0. The van der Waals surface area contributed by atoms with Crippen molar-refractivity contribution in [2.45, 2.75) is 25.5 Å². The average molecular weight is 327 g/mol. The molecule has 1 saturated heterocycles. The Morgan fingerprint density at radius 3 is 2.50 bits per heavy atom. The zero-order valence-electron chi connectivity index (χ0n) is 14.4. The van der Waals surface area contributed by atoms with E-state index in [1.165, 1.54) is 11.1 Å². The van der Waals surface area contributed by atoms with Gasteiger partial charge in [-0.25, -0.2) is 0 Å². The summed E-state index contributed by atoms with van der Waals surface area (Å²) in [5.41, 5.74) is 3.53. The van der Waals surface area contributed by atoms with Gasteiger partial charge in [0.25, 0.3) is 0 Å². The molecular formula is C20H25NO3. The molecule has 4 heteroatoms. The van der Waals surface area contributed by atoms with Crippen molar-refractivity contribution in [1.29, 1.82) is 0 Å². The topological polar surface area (TPSA) is 39.7 Å². The van der Waals surface area contributed by atoms with Gasteiger partial charge in [0.15, 0.2) is 11.5 Å². The first kappa shape index (κ1) is 16.8. The third-order valence-electron chi connectivity index (χ3n) is 4.41. The van der Waals surface area contributed by atoms with Gasteiger partial charge in [-0.05, 0) is 41.7 Å². The third kappa shape index (κ3) is 3.89. The molecule has 1 aliphatic heterocycles. The van der Waals surface area contributed by atoms with E-state index < -0.39 is 0 Å². The summed E-state index contributed by atoms with van der Waals surface area (Å²) in [7, 11) is 3.34. The highest BCUT2D eigenvalue weighted by atomic mass is 16.5. The fraction of sp³-hybridized carbons (Fsp3) is 0.400. The monoisotopic (exact) mass is 327 g/mol. The van der Waals surface area contributed by atoms with Crippen LogP contribution < -0.4 is 14.8 Å². The second kappa shape index (κ2) is 8.18. The highest BCUT2D eigenvalue weighted by Crippen LogP contribution is 2.35. The first-order valence-corrected chi connectivity index (χ1v) is 8.44. The highest BCUT2D eigenvalue weighted by molar-refractivity contribution is 5.71.